The van der Waals surface area contributed by atoms with Gasteiger partial charge in [-0.3, -0.25) is 4.79 Å². The smallest absolute Gasteiger partial charge is 0.338 e. The average molecular weight is 382 g/mol. The molecular weight excluding hydrogens is 365 g/mol. The Morgan fingerprint density at radius 1 is 1.08 bits per heavy atom. The molecule has 5 nitrogen and oxygen atoms in total. The van der Waals surface area contributed by atoms with Crippen LogP contribution in [0.15, 0.2) is 42.5 Å². The van der Waals surface area contributed by atoms with Gasteiger partial charge in [-0.1, -0.05) is 41.4 Å². The fraction of sp³-hybridized carbons (Fsp3) is 0.222. The van der Waals surface area contributed by atoms with Gasteiger partial charge in [0.05, 0.1) is 12.7 Å². The van der Waals surface area contributed by atoms with E-state index in [0.29, 0.717) is 23.0 Å². The quantitative estimate of drug-likeness (QED) is 0.745. The van der Waals surface area contributed by atoms with Crippen LogP contribution in [0.3, 0.4) is 0 Å². The van der Waals surface area contributed by atoms with Crippen LogP contribution in [-0.2, 0) is 16.0 Å². The van der Waals surface area contributed by atoms with Crippen molar-refractivity contribution in [2.24, 2.45) is 0 Å². The van der Waals surface area contributed by atoms with Gasteiger partial charge in [-0.15, -0.1) is 0 Å². The Morgan fingerprint density at radius 2 is 1.76 bits per heavy atom. The first-order chi connectivity index (χ1) is 12.0. The van der Waals surface area contributed by atoms with Crippen molar-refractivity contribution < 1.29 is 19.1 Å². The van der Waals surface area contributed by atoms with Gasteiger partial charge in [-0.25, -0.2) is 4.79 Å². The number of rotatable bonds is 7. The van der Waals surface area contributed by atoms with Crippen molar-refractivity contribution in [2.45, 2.75) is 6.42 Å². The van der Waals surface area contributed by atoms with Crippen LogP contribution in [-0.4, -0.2) is 32.1 Å². The third-order valence-corrected chi connectivity index (χ3v) is 3.78. The van der Waals surface area contributed by atoms with E-state index in [9.17, 15) is 9.59 Å². The first-order valence-electron chi connectivity index (χ1n) is 7.51. The zero-order valence-electron chi connectivity index (χ0n) is 13.6. The van der Waals surface area contributed by atoms with E-state index in [0.717, 1.165) is 11.3 Å². The highest BCUT2D eigenvalue weighted by molar-refractivity contribution is 6.35. The lowest BCUT2D eigenvalue weighted by Crippen LogP contribution is -2.30. The predicted octanol–water partition coefficient (Wildman–Crippen LogP) is 3.52. The molecule has 132 valence electrons. The molecule has 0 saturated carbocycles. The Kier molecular flexibility index (Phi) is 7.10. The molecule has 7 heteroatoms. The molecule has 0 atom stereocenters. The van der Waals surface area contributed by atoms with E-state index in [1.165, 1.54) is 18.2 Å². The molecule has 0 bridgehead atoms. The van der Waals surface area contributed by atoms with Crippen molar-refractivity contribution >= 4 is 35.1 Å². The number of halogens is 2. The van der Waals surface area contributed by atoms with Crippen LogP contribution in [0.4, 0.5) is 0 Å². The molecule has 2 aromatic carbocycles. The van der Waals surface area contributed by atoms with E-state index in [2.05, 4.69) is 5.32 Å². The second kappa shape index (κ2) is 9.30. The van der Waals surface area contributed by atoms with Crippen LogP contribution >= 0.6 is 23.2 Å². The number of nitrogens with one attached hydrogen (secondary N) is 1. The monoisotopic (exact) mass is 381 g/mol. The van der Waals surface area contributed by atoms with Crippen LogP contribution in [0.1, 0.15) is 15.9 Å². The molecular formula is C18H17Cl2NO4. The zero-order valence-corrected chi connectivity index (χ0v) is 15.1. The first-order valence-corrected chi connectivity index (χ1v) is 8.27. The lowest BCUT2D eigenvalue weighted by Gasteiger charge is -2.09. The highest BCUT2D eigenvalue weighted by atomic mass is 35.5. The fourth-order valence-corrected chi connectivity index (χ4v) is 2.71. The Balaban J connectivity index is 1.78. The summed E-state index contributed by atoms with van der Waals surface area (Å²) in [5.74, 6) is -0.290. The van der Waals surface area contributed by atoms with Crippen molar-refractivity contribution in [1.29, 1.82) is 0 Å². The number of benzene rings is 2. The fourth-order valence-electron chi connectivity index (χ4n) is 2.18. The largest absolute Gasteiger partial charge is 0.496 e. The first kappa shape index (κ1) is 19.1. The highest BCUT2D eigenvalue weighted by Gasteiger charge is 2.12. The second-order valence-electron chi connectivity index (χ2n) is 5.15. The number of carbonyl (C=O) groups excluding carboxylic acids is 2. The predicted molar refractivity (Wildman–Crippen MR) is 96.5 cm³/mol. The van der Waals surface area contributed by atoms with Gasteiger partial charge in [-0.05, 0) is 36.2 Å². The normalized spacial score (nSPS) is 10.2. The van der Waals surface area contributed by atoms with Crippen LogP contribution in [0.2, 0.25) is 10.0 Å². The molecule has 0 radical (unpaired) electrons. The van der Waals surface area contributed by atoms with E-state index >= 15 is 0 Å². The van der Waals surface area contributed by atoms with Crippen LogP contribution < -0.4 is 10.1 Å². The van der Waals surface area contributed by atoms with E-state index in [1.807, 2.05) is 24.3 Å². The maximum atomic E-state index is 11.9. The summed E-state index contributed by atoms with van der Waals surface area (Å²) in [6.45, 7) is 0.0225. The molecule has 0 fully saturated rings. The summed E-state index contributed by atoms with van der Waals surface area (Å²) in [7, 11) is 1.60. The molecule has 0 aromatic heterocycles. The summed E-state index contributed by atoms with van der Waals surface area (Å²) in [6.07, 6.45) is 0.605. The van der Waals surface area contributed by atoms with Gasteiger partial charge in [-0.2, -0.15) is 0 Å². The van der Waals surface area contributed by atoms with E-state index < -0.39 is 11.9 Å². The number of ether oxygens (including phenoxy) is 2. The number of carbonyl (C=O) groups is 2. The molecule has 2 rings (SSSR count). The van der Waals surface area contributed by atoms with Gasteiger partial charge in [0.1, 0.15) is 5.75 Å². The Bertz CT molecular complexity index is 744. The van der Waals surface area contributed by atoms with Gasteiger partial charge < -0.3 is 14.8 Å². The van der Waals surface area contributed by atoms with Crippen molar-refractivity contribution in [2.75, 3.05) is 20.3 Å². The summed E-state index contributed by atoms with van der Waals surface area (Å²) in [5, 5.41) is 3.33. The van der Waals surface area contributed by atoms with E-state index in [4.69, 9.17) is 32.7 Å². The van der Waals surface area contributed by atoms with E-state index in [-0.39, 0.29) is 12.2 Å². The molecule has 0 unspecified atom stereocenters. The molecule has 0 spiro atoms. The number of methoxy groups -OCH3 is 1. The third-order valence-electron chi connectivity index (χ3n) is 3.34. The SMILES string of the molecule is COc1ccccc1CCNC(=O)COC(=O)c1cc(Cl)cc(Cl)c1. The molecule has 1 N–H and O–H groups in total. The Labute approximate surface area is 155 Å². The van der Waals surface area contributed by atoms with Crippen LogP contribution in [0, 0.1) is 0 Å². The molecule has 0 saturated heterocycles. The molecule has 0 aliphatic carbocycles. The second-order valence-corrected chi connectivity index (χ2v) is 6.02. The van der Waals surface area contributed by atoms with Crippen LogP contribution in [0.25, 0.3) is 0 Å². The molecule has 0 aliphatic heterocycles. The number of hydrogen-bond donors (Lipinski definition) is 1. The van der Waals surface area contributed by atoms with Crippen LogP contribution in [0.5, 0.6) is 5.75 Å². The molecule has 2 aromatic rings. The number of para-hydroxylation sites is 1. The van der Waals surface area contributed by atoms with Gasteiger partial charge in [0.25, 0.3) is 5.91 Å². The van der Waals surface area contributed by atoms with Gasteiger partial charge in [0.15, 0.2) is 6.61 Å². The lowest BCUT2D eigenvalue weighted by molar-refractivity contribution is -0.124. The summed E-state index contributed by atoms with van der Waals surface area (Å²) in [5.41, 5.74) is 1.18. The minimum atomic E-state index is -0.663. The molecule has 25 heavy (non-hydrogen) atoms. The minimum absolute atomic E-state index is 0.194. The Hall–Kier alpha value is -2.24. The Morgan fingerprint density at radius 3 is 2.44 bits per heavy atom. The van der Waals surface area contributed by atoms with Crippen molar-refractivity contribution in [1.82, 2.24) is 5.32 Å². The van der Waals surface area contributed by atoms with Crippen molar-refractivity contribution in [3.8, 4) is 5.75 Å². The number of amides is 1. The molecule has 0 heterocycles. The lowest BCUT2D eigenvalue weighted by atomic mass is 10.1. The maximum Gasteiger partial charge on any atom is 0.338 e. The summed E-state index contributed by atoms with van der Waals surface area (Å²) in [6, 6.07) is 11.9. The summed E-state index contributed by atoms with van der Waals surface area (Å²) >= 11 is 11.7. The van der Waals surface area contributed by atoms with E-state index in [1.54, 1.807) is 7.11 Å². The average Bonchev–Trinajstić information content (AvgIpc) is 2.59. The third kappa shape index (κ3) is 5.96. The van der Waals surface area contributed by atoms with Gasteiger partial charge in [0, 0.05) is 16.6 Å². The minimum Gasteiger partial charge on any atom is -0.496 e. The maximum absolute atomic E-state index is 11.9. The van der Waals surface area contributed by atoms with Gasteiger partial charge in [0.2, 0.25) is 0 Å². The number of hydrogen-bond acceptors (Lipinski definition) is 4. The van der Waals surface area contributed by atoms with Crippen molar-refractivity contribution in [3.63, 3.8) is 0 Å². The molecule has 1 amide bonds. The highest BCUT2D eigenvalue weighted by Crippen LogP contribution is 2.19. The zero-order chi connectivity index (χ0) is 18.2. The topological polar surface area (TPSA) is 64.6 Å². The molecule has 0 aliphatic rings. The van der Waals surface area contributed by atoms with Crippen molar-refractivity contribution in [3.05, 3.63) is 63.6 Å². The standard InChI is InChI=1S/C18H17Cl2NO4/c1-24-16-5-3-2-4-12(16)6-7-21-17(22)11-25-18(23)13-8-14(19)10-15(20)9-13/h2-5,8-10H,6-7,11H2,1H3,(H,21,22). The summed E-state index contributed by atoms with van der Waals surface area (Å²) in [4.78, 5) is 23.7. The summed E-state index contributed by atoms with van der Waals surface area (Å²) < 4.78 is 10.2. The van der Waals surface area contributed by atoms with Gasteiger partial charge >= 0.3 is 5.97 Å². The number of esters is 1.